The molecule has 0 aromatic rings. The molecule has 0 heterocycles. The van der Waals surface area contributed by atoms with E-state index in [4.69, 9.17) is 10.5 Å². The van der Waals surface area contributed by atoms with Gasteiger partial charge in [-0.1, -0.05) is 0 Å². The first-order chi connectivity index (χ1) is 8.97. The molecule has 0 rings (SSSR count). The molecule has 0 bridgehead atoms. The number of aliphatic hydroxyl groups is 2. The van der Waals surface area contributed by atoms with Crippen molar-refractivity contribution in [2.24, 2.45) is 0 Å². The zero-order valence-corrected chi connectivity index (χ0v) is 12.1. The summed E-state index contributed by atoms with van der Waals surface area (Å²) < 4.78 is 0. The monoisotopic (exact) mass is 284 g/mol. The van der Waals surface area contributed by atoms with Crippen LogP contribution in [0.5, 0.6) is 0 Å². The Morgan fingerprint density at radius 3 is 1.95 bits per heavy atom. The van der Waals surface area contributed by atoms with Gasteiger partial charge in [0.25, 0.3) is 0 Å². The van der Waals surface area contributed by atoms with Crippen LogP contribution in [0.2, 0.25) is 0 Å². The summed E-state index contributed by atoms with van der Waals surface area (Å²) in [7, 11) is 0. The number of aliphatic hydroxyl groups excluding tert-OH is 2. The Hall–Kier alpha value is -1.74. The van der Waals surface area contributed by atoms with Crippen LogP contribution >= 0.6 is 0 Å². The summed E-state index contributed by atoms with van der Waals surface area (Å²) >= 11 is 0. The first-order valence-electron chi connectivity index (χ1n) is 6.08. The minimum Gasteiger partial charge on any atom is -0.704 e. The lowest BCUT2D eigenvalue weighted by molar-refractivity contribution is -0.763. The molecule has 0 aromatic carbocycles. The molecule has 0 unspecified atom stereocenters. The van der Waals surface area contributed by atoms with E-state index in [1.165, 1.54) is 27.7 Å². The third kappa shape index (κ3) is 4.74. The third-order valence-electron chi connectivity index (χ3n) is 2.88. The van der Waals surface area contributed by atoms with Crippen molar-refractivity contribution < 1.29 is 15.1 Å². The SMILES string of the molecule is CC(C)(C[C@@H](O)C#N)N([O-])[N+](=O)C(C)(C)C[C@@H](O)C#N. The van der Waals surface area contributed by atoms with Gasteiger partial charge in [-0.2, -0.15) is 15.7 Å². The van der Waals surface area contributed by atoms with Crippen molar-refractivity contribution in [3.8, 4) is 12.1 Å². The van der Waals surface area contributed by atoms with E-state index in [1.54, 1.807) is 12.1 Å². The maximum Gasteiger partial charge on any atom is 0.240 e. The van der Waals surface area contributed by atoms with Crippen molar-refractivity contribution in [3.05, 3.63) is 10.1 Å². The summed E-state index contributed by atoms with van der Waals surface area (Å²) in [5.74, 6) is 0. The summed E-state index contributed by atoms with van der Waals surface area (Å²) in [6.07, 6.45) is -3.13. The predicted molar refractivity (Wildman–Crippen MR) is 69.5 cm³/mol. The van der Waals surface area contributed by atoms with Gasteiger partial charge in [0.2, 0.25) is 5.54 Å². The fraction of sp³-hybridized carbons (Fsp3) is 0.833. The first-order valence-corrected chi connectivity index (χ1v) is 6.08. The fourth-order valence-electron chi connectivity index (χ4n) is 1.69. The highest BCUT2D eigenvalue weighted by molar-refractivity contribution is 4.91. The maximum absolute atomic E-state index is 12.1. The lowest BCUT2D eigenvalue weighted by Crippen LogP contribution is -2.54. The summed E-state index contributed by atoms with van der Waals surface area (Å²) in [6, 6.07) is 3.16. The lowest BCUT2D eigenvalue weighted by atomic mass is 9.95. The molecule has 0 radical (unpaired) electrons. The van der Waals surface area contributed by atoms with Crippen LogP contribution in [0.25, 0.3) is 0 Å². The molecule has 0 fully saturated rings. The molecule has 0 aliphatic heterocycles. The Morgan fingerprint density at radius 2 is 1.55 bits per heavy atom. The average molecular weight is 284 g/mol. The Bertz CT molecular complexity index is 436. The van der Waals surface area contributed by atoms with Gasteiger partial charge in [0.15, 0.2) is 0 Å². The molecule has 2 atom stereocenters. The van der Waals surface area contributed by atoms with E-state index in [2.05, 4.69) is 0 Å². The Kier molecular flexibility index (Phi) is 6.04. The fourth-order valence-corrected chi connectivity index (χ4v) is 1.69. The summed E-state index contributed by atoms with van der Waals surface area (Å²) in [5.41, 5.74) is -2.60. The maximum atomic E-state index is 12.1. The Balaban J connectivity index is 5.01. The topological polar surface area (TPSA) is 134 Å². The molecule has 0 spiro atoms. The van der Waals surface area contributed by atoms with E-state index < -0.39 is 23.3 Å². The third-order valence-corrected chi connectivity index (χ3v) is 2.88. The smallest absolute Gasteiger partial charge is 0.240 e. The predicted octanol–water partition coefficient (Wildman–Crippen LogP) is 0.586. The summed E-state index contributed by atoms with van der Waals surface area (Å²) in [6.45, 7) is 5.68. The second kappa shape index (κ2) is 6.62. The van der Waals surface area contributed by atoms with E-state index >= 15 is 0 Å². The first kappa shape index (κ1) is 18.3. The van der Waals surface area contributed by atoms with Crippen LogP contribution in [0.4, 0.5) is 0 Å². The average Bonchev–Trinajstić information content (AvgIpc) is 2.35. The molecule has 0 aliphatic rings. The zero-order valence-electron chi connectivity index (χ0n) is 12.1. The van der Waals surface area contributed by atoms with Gasteiger partial charge in [-0.3, -0.25) is 0 Å². The number of nitrogens with zero attached hydrogens (tertiary/aromatic N) is 4. The van der Waals surface area contributed by atoms with E-state index in [0.29, 0.717) is 0 Å². The van der Waals surface area contributed by atoms with Gasteiger partial charge in [-0.05, 0) is 13.8 Å². The largest absolute Gasteiger partial charge is 0.704 e. The van der Waals surface area contributed by atoms with Gasteiger partial charge in [0.05, 0.1) is 29.0 Å². The number of hydrogen-bond acceptors (Lipinski definition) is 6. The van der Waals surface area contributed by atoms with Crippen LogP contribution in [0.1, 0.15) is 40.5 Å². The van der Waals surface area contributed by atoms with Gasteiger partial charge in [-0.15, -0.1) is 0 Å². The van der Waals surface area contributed by atoms with E-state index in [0.717, 1.165) is 0 Å². The molecule has 112 valence electrons. The molecule has 0 amide bonds. The number of hydroxylamine groups is 1. The van der Waals surface area contributed by atoms with Crippen LogP contribution < -0.4 is 0 Å². The van der Waals surface area contributed by atoms with Crippen LogP contribution in [0, 0.1) is 32.8 Å². The number of hydrazine groups is 1. The molecule has 0 aliphatic carbocycles. The molecular formula is C12H20N4O4. The van der Waals surface area contributed by atoms with E-state index in [9.17, 15) is 20.3 Å². The van der Waals surface area contributed by atoms with Crippen molar-refractivity contribution >= 4 is 0 Å². The molecule has 2 N–H and O–H groups in total. The molecule has 0 saturated carbocycles. The van der Waals surface area contributed by atoms with Crippen molar-refractivity contribution in [3.63, 3.8) is 0 Å². The van der Waals surface area contributed by atoms with Crippen LogP contribution in [-0.2, 0) is 0 Å². The van der Waals surface area contributed by atoms with Gasteiger partial charge in [-0.25, -0.2) is 0 Å². The highest BCUT2D eigenvalue weighted by Gasteiger charge is 2.44. The second-order valence-electron chi connectivity index (χ2n) is 5.87. The standard InChI is InChI=1S/C12H20N4O4/c1-11(2,5-9(17)7-13)15(19)16(20)12(3,4)6-10(18)8-14/h9-10,17-18H,5-6H2,1-4H3/t9-,10-/m1/s1. The quantitative estimate of drug-likeness (QED) is 0.396. The highest BCUT2D eigenvalue weighted by atomic mass is 16.6. The Labute approximate surface area is 118 Å². The van der Waals surface area contributed by atoms with Gasteiger partial charge < -0.3 is 15.4 Å². The second-order valence-corrected chi connectivity index (χ2v) is 5.87. The van der Waals surface area contributed by atoms with Crippen LogP contribution in [0.3, 0.4) is 0 Å². The minimum atomic E-state index is -1.36. The van der Waals surface area contributed by atoms with E-state index in [1.807, 2.05) is 0 Å². The molecule has 0 aromatic heterocycles. The van der Waals surface area contributed by atoms with Crippen molar-refractivity contribution in [1.82, 2.24) is 5.17 Å². The lowest BCUT2D eigenvalue weighted by Gasteiger charge is -2.39. The van der Waals surface area contributed by atoms with Gasteiger partial charge >= 0.3 is 0 Å². The number of hydrogen-bond donors (Lipinski definition) is 2. The van der Waals surface area contributed by atoms with E-state index in [-0.39, 0.29) is 22.9 Å². The molecule has 8 heteroatoms. The van der Waals surface area contributed by atoms with Crippen LogP contribution in [-0.4, -0.2) is 43.5 Å². The molecular weight excluding hydrogens is 264 g/mol. The van der Waals surface area contributed by atoms with Gasteiger partial charge in [0, 0.05) is 20.3 Å². The summed E-state index contributed by atoms with van der Waals surface area (Å²) in [4.78, 5) is 12.2. The number of rotatable bonds is 7. The Morgan fingerprint density at radius 1 is 1.15 bits per heavy atom. The molecule has 0 saturated heterocycles. The van der Waals surface area contributed by atoms with Gasteiger partial charge in [0.1, 0.15) is 17.1 Å². The highest BCUT2D eigenvalue weighted by Crippen LogP contribution is 2.26. The minimum absolute atomic E-state index is 0.123. The number of nitriles is 2. The molecule has 20 heavy (non-hydrogen) atoms. The summed E-state index contributed by atoms with van der Waals surface area (Å²) in [5, 5.41) is 47.9. The number of nitroso groups, excluding NO2 is 1. The zero-order chi connectivity index (χ0) is 16.1. The van der Waals surface area contributed by atoms with Crippen molar-refractivity contribution in [1.29, 1.82) is 10.5 Å². The van der Waals surface area contributed by atoms with Crippen molar-refractivity contribution in [2.75, 3.05) is 0 Å². The van der Waals surface area contributed by atoms with Crippen molar-refractivity contribution in [2.45, 2.75) is 63.8 Å². The molecule has 8 nitrogen and oxygen atoms in total. The van der Waals surface area contributed by atoms with Crippen LogP contribution in [0.15, 0.2) is 0 Å². The normalized spacial score (nSPS) is 14.8.